The van der Waals surface area contributed by atoms with E-state index in [4.69, 9.17) is 9.15 Å². The van der Waals surface area contributed by atoms with Gasteiger partial charge in [0.15, 0.2) is 0 Å². The molecule has 0 saturated carbocycles. The lowest BCUT2D eigenvalue weighted by Crippen LogP contribution is -2.49. The molecule has 1 aliphatic heterocycles. The Bertz CT molecular complexity index is 475. The maximum Gasteiger partial charge on any atom is 0.235 e. The van der Waals surface area contributed by atoms with E-state index in [1.807, 2.05) is 13.8 Å². The third-order valence-corrected chi connectivity index (χ3v) is 4.51. The van der Waals surface area contributed by atoms with Crippen molar-refractivity contribution in [3.63, 3.8) is 0 Å². The number of hydrogen-bond acceptors (Lipinski definition) is 4. The molecule has 0 aromatic carbocycles. The first-order chi connectivity index (χ1) is 8.97. The van der Waals surface area contributed by atoms with Crippen molar-refractivity contribution in [3.8, 4) is 0 Å². The summed E-state index contributed by atoms with van der Waals surface area (Å²) in [5.41, 5.74) is 0. The van der Waals surface area contributed by atoms with Gasteiger partial charge < -0.3 is 14.1 Å². The molecule has 0 N–H and O–H groups in total. The minimum absolute atomic E-state index is 0.000185. The molecule has 1 fully saturated rings. The van der Waals surface area contributed by atoms with Gasteiger partial charge >= 0.3 is 0 Å². The van der Waals surface area contributed by atoms with Crippen molar-refractivity contribution >= 4 is 16.7 Å². The first kappa shape index (κ1) is 14.3. The quantitative estimate of drug-likeness (QED) is 0.840. The van der Waals surface area contributed by atoms with Crippen LogP contribution in [0.1, 0.15) is 19.6 Å². The van der Waals surface area contributed by atoms with Gasteiger partial charge in [-0.3, -0.25) is 9.00 Å². The van der Waals surface area contributed by atoms with Gasteiger partial charge in [-0.2, -0.15) is 0 Å². The maximum atomic E-state index is 12.2. The zero-order chi connectivity index (χ0) is 14.0. The summed E-state index contributed by atoms with van der Waals surface area (Å²) < 4.78 is 22.8. The van der Waals surface area contributed by atoms with Gasteiger partial charge in [-0.25, -0.2) is 0 Å². The standard InChI is InChI=1S/C13H19NO4S/c1-9-6-14(7-10(2)18-9)13(15)8-19(16)12-4-5-17-11(12)3/h4-5,9-10H,6-8H2,1-3H3. The van der Waals surface area contributed by atoms with Crippen molar-refractivity contribution in [1.82, 2.24) is 4.90 Å². The predicted molar refractivity (Wildman–Crippen MR) is 71.3 cm³/mol. The van der Waals surface area contributed by atoms with E-state index in [-0.39, 0.29) is 23.9 Å². The molecular weight excluding hydrogens is 266 g/mol. The van der Waals surface area contributed by atoms with Crippen molar-refractivity contribution in [1.29, 1.82) is 0 Å². The molecule has 0 radical (unpaired) electrons. The van der Waals surface area contributed by atoms with E-state index < -0.39 is 10.8 Å². The van der Waals surface area contributed by atoms with Gasteiger partial charge in [0.25, 0.3) is 0 Å². The van der Waals surface area contributed by atoms with E-state index in [1.165, 1.54) is 6.26 Å². The second kappa shape index (κ2) is 5.88. The summed E-state index contributed by atoms with van der Waals surface area (Å²) in [6.07, 6.45) is 1.54. The molecule has 106 valence electrons. The first-order valence-electron chi connectivity index (χ1n) is 6.33. The Labute approximate surface area is 115 Å². The van der Waals surface area contributed by atoms with Gasteiger partial charge in [-0.1, -0.05) is 0 Å². The molecule has 1 saturated heterocycles. The Balaban J connectivity index is 1.97. The Morgan fingerprint density at radius 2 is 2.05 bits per heavy atom. The molecule has 1 aromatic heterocycles. The summed E-state index contributed by atoms with van der Waals surface area (Å²) in [5, 5.41) is 0. The zero-order valence-electron chi connectivity index (χ0n) is 11.4. The lowest BCUT2D eigenvalue weighted by molar-refractivity contribution is -0.140. The van der Waals surface area contributed by atoms with Crippen molar-refractivity contribution in [2.75, 3.05) is 18.8 Å². The third kappa shape index (κ3) is 3.45. The number of aryl methyl sites for hydroxylation is 1. The van der Waals surface area contributed by atoms with Crippen LogP contribution in [0.25, 0.3) is 0 Å². The van der Waals surface area contributed by atoms with Crippen LogP contribution in [0.4, 0.5) is 0 Å². The highest BCUT2D eigenvalue weighted by molar-refractivity contribution is 7.85. The highest BCUT2D eigenvalue weighted by Crippen LogP contribution is 2.16. The molecule has 6 heteroatoms. The van der Waals surface area contributed by atoms with E-state index in [2.05, 4.69) is 0 Å². The number of morpholine rings is 1. The number of carbonyl (C=O) groups excluding carboxylic acids is 1. The molecule has 2 rings (SSSR count). The van der Waals surface area contributed by atoms with Crippen LogP contribution in [0.15, 0.2) is 21.6 Å². The van der Waals surface area contributed by atoms with E-state index in [1.54, 1.807) is 17.9 Å². The Morgan fingerprint density at radius 3 is 2.58 bits per heavy atom. The lowest BCUT2D eigenvalue weighted by atomic mass is 10.2. The molecule has 0 bridgehead atoms. The van der Waals surface area contributed by atoms with Gasteiger partial charge in [0.2, 0.25) is 5.91 Å². The number of hydrogen-bond donors (Lipinski definition) is 0. The van der Waals surface area contributed by atoms with E-state index in [0.29, 0.717) is 23.7 Å². The summed E-state index contributed by atoms with van der Waals surface area (Å²) in [6, 6.07) is 1.66. The maximum absolute atomic E-state index is 12.2. The minimum Gasteiger partial charge on any atom is -0.468 e. The van der Waals surface area contributed by atoms with Crippen molar-refractivity contribution in [2.45, 2.75) is 37.9 Å². The summed E-state index contributed by atoms with van der Waals surface area (Å²) >= 11 is 0. The molecule has 1 amide bonds. The van der Waals surface area contributed by atoms with Crippen LogP contribution >= 0.6 is 0 Å². The summed E-state index contributed by atoms with van der Waals surface area (Å²) in [4.78, 5) is 14.5. The van der Waals surface area contributed by atoms with E-state index in [9.17, 15) is 9.00 Å². The number of nitrogens with zero attached hydrogens (tertiary/aromatic N) is 1. The van der Waals surface area contributed by atoms with Crippen LogP contribution in [0.5, 0.6) is 0 Å². The molecule has 2 heterocycles. The molecule has 1 aliphatic rings. The van der Waals surface area contributed by atoms with Crippen LogP contribution in [0, 0.1) is 6.92 Å². The molecular formula is C13H19NO4S. The van der Waals surface area contributed by atoms with Crippen LogP contribution in [0.3, 0.4) is 0 Å². The van der Waals surface area contributed by atoms with Gasteiger partial charge in [0.05, 0.1) is 34.2 Å². The molecule has 19 heavy (non-hydrogen) atoms. The number of rotatable bonds is 3. The van der Waals surface area contributed by atoms with Crippen LogP contribution in [-0.4, -0.2) is 46.1 Å². The Hall–Kier alpha value is -1.14. The normalized spacial score (nSPS) is 25.3. The van der Waals surface area contributed by atoms with Crippen molar-refractivity contribution < 1.29 is 18.2 Å². The molecule has 0 spiro atoms. The Morgan fingerprint density at radius 1 is 1.42 bits per heavy atom. The second-order valence-electron chi connectivity index (χ2n) is 4.89. The molecule has 1 aromatic rings. The smallest absolute Gasteiger partial charge is 0.235 e. The number of furan rings is 1. The molecule has 3 atom stereocenters. The zero-order valence-corrected chi connectivity index (χ0v) is 12.2. The molecule has 5 nitrogen and oxygen atoms in total. The predicted octanol–water partition coefficient (Wildman–Crippen LogP) is 1.33. The van der Waals surface area contributed by atoms with E-state index in [0.717, 1.165) is 0 Å². The summed E-state index contributed by atoms with van der Waals surface area (Å²) in [7, 11) is -1.34. The number of carbonyl (C=O) groups is 1. The highest BCUT2D eigenvalue weighted by Gasteiger charge is 2.27. The summed E-state index contributed by atoms with van der Waals surface area (Å²) in [5.74, 6) is 0.510. The van der Waals surface area contributed by atoms with Crippen molar-refractivity contribution in [3.05, 3.63) is 18.1 Å². The summed E-state index contributed by atoms with van der Waals surface area (Å²) in [6.45, 7) is 6.74. The number of ether oxygens (including phenoxy) is 1. The average Bonchev–Trinajstić information content (AvgIpc) is 2.74. The molecule has 3 unspecified atom stereocenters. The van der Waals surface area contributed by atoms with Gasteiger partial charge in [0, 0.05) is 13.1 Å². The fourth-order valence-corrected chi connectivity index (χ4v) is 3.41. The van der Waals surface area contributed by atoms with Gasteiger partial charge in [-0.05, 0) is 26.8 Å². The average molecular weight is 285 g/mol. The fourth-order valence-electron chi connectivity index (χ4n) is 2.27. The van der Waals surface area contributed by atoms with Crippen molar-refractivity contribution in [2.24, 2.45) is 0 Å². The monoisotopic (exact) mass is 285 g/mol. The lowest BCUT2D eigenvalue weighted by Gasteiger charge is -2.35. The minimum atomic E-state index is -1.34. The van der Waals surface area contributed by atoms with Crippen LogP contribution < -0.4 is 0 Å². The van der Waals surface area contributed by atoms with Crippen LogP contribution in [-0.2, 0) is 20.3 Å². The largest absolute Gasteiger partial charge is 0.468 e. The Kier molecular flexibility index (Phi) is 4.42. The SMILES string of the molecule is Cc1occc1S(=O)CC(=O)N1CC(C)OC(C)C1. The third-order valence-electron chi connectivity index (χ3n) is 3.08. The van der Waals surface area contributed by atoms with E-state index >= 15 is 0 Å². The van der Waals surface area contributed by atoms with Crippen LogP contribution in [0.2, 0.25) is 0 Å². The second-order valence-corrected chi connectivity index (χ2v) is 6.31. The molecule has 0 aliphatic carbocycles. The highest BCUT2D eigenvalue weighted by atomic mass is 32.2. The fraction of sp³-hybridized carbons (Fsp3) is 0.615. The number of amides is 1. The van der Waals surface area contributed by atoms with Gasteiger partial charge in [0.1, 0.15) is 11.5 Å². The topological polar surface area (TPSA) is 59.8 Å². The van der Waals surface area contributed by atoms with Gasteiger partial charge in [-0.15, -0.1) is 0 Å². The first-order valence-corrected chi connectivity index (χ1v) is 7.65.